The molecule has 1 aliphatic rings. The third-order valence-corrected chi connectivity index (χ3v) is 7.14. The summed E-state index contributed by atoms with van der Waals surface area (Å²) in [4.78, 5) is 32.4. The number of amides is 2. The molecule has 7 nitrogen and oxygen atoms in total. The number of ether oxygens (including phenoxy) is 2. The van der Waals surface area contributed by atoms with Crippen molar-refractivity contribution in [2.45, 2.75) is 6.04 Å². The van der Waals surface area contributed by atoms with Crippen molar-refractivity contribution in [3.8, 4) is 22.8 Å². The van der Waals surface area contributed by atoms with Crippen molar-refractivity contribution < 1.29 is 19.1 Å². The third-order valence-electron chi connectivity index (χ3n) is 7.14. The van der Waals surface area contributed by atoms with E-state index in [2.05, 4.69) is 16.4 Å². The number of fused-ring (bicyclic) bond motifs is 2. The molecule has 39 heavy (non-hydrogen) atoms. The van der Waals surface area contributed by atoms with Crippen LogP contribution in [0.3, 0.4) is 0 Å². The van der Waals surface area contributed by atoms with Crippen molar-refractivity contribution in [1.29, 1.82) is 0 Å². The number of hydrogen-bond donors (Lipinski definition) is 2. The maximum absolute atomic E-state index is 13.8. The molecule has 2 heterocycles. The number of carbonyl (C=O) groups excluding carboxylic acids is 2. The number of hydrogen-bond acceptors (Lipinski definition) is 4. The van der Waals surface area contributed by atoms with Crippen LogP contribution >= 0.6 is 0 Å². The summed E-state index contributed by atoms with van der Waals surface area (Å²) in [6.07, 6.45) is 0. The van der Waals surface area contributed by atoms with Gasteiger partial charge in [-0.3, -0.25) is 9.59 Å². The summed E-state index contributed by atoms with van der Waals surface area (Å²) >= 11 is 0. The molecule has 2 N–H and O–H groups in total. The lowest BCUT2D eigenvalue weighted by Gasteiger charge is -2.26. The van der Waals surface area contributed by atoms with Crippen LogP contribution in [0.2, 0.25) is 0 Å². The second-order valence-corrected chi connectivity index (χ2v) is 9.36. The van der Waals surface area contributed by atoms with Crippen molar-refractivity contribution in [3.05, 3.63) is 114 Å². The van der Waals surface area contributed by atoms with Crippen LogP contribution in [0.5, 0.6) is 11.5 Å². The molecule has 0 radical (unpaired) electrons. The molecule has 5 aromatic rings. The highest BCUT2D eigenvalue weighted by Gasteiger charge is 2.41. The zero-order chi connectivity index (χ0) is 26.9. The van der Waals surface area contributed by atoms with Crippen LogP contribution in [0.1, 0.15) is 27.5 Å². The first-order valence-corrected chi connectivity index (χ1v) is 12.7. The number of anilines is 1. The fourth-order valence-electron chi connectivity index (χ4n) is 5.37. The number of nitrogens with one attached hydrogen (secondary N) is 2. The topological polar surface area (TPSA) is 83.7 Å². The molecule has 0 spiro atoms. The predicted octanol–water partition coefficient (Wildman–Crippen LogP) is 6.04. The second kappa shape index (κ2) is 10.0. The van der Waals surface area contributed by atoms with Crippen LogP contribution < -0.4 is 14.8 Å². The summed E-state index contributed by atoms with van der Waals surface area (Å²) in [6.45, 7) is -0.138. The number of rotatable bonds is 7. The van der Waals surface area contributed by atoms with E-state index >= 15 is 0 Å². The summed E-state index contributed by atoms with van der Waals surface area (Å²) in [7, 11) is 3.10. The Morgan fingerprint density at radius 3 is 2.44 bits per heavy atom. The summed E-state index contributed by atoms with van der Waals surface area (Å²) < 4.78 is 10.7. The molecule has 0 saturated carbocycles. The summed E-state index contributed by atoms with van der Waals surface area (Å²) in [5.74, 6) is 0.573. The van der Waals surface area contributed by atoms with Crippen LogP contribution in [0, 0.1) is 0 Å². The van der Waals surface area contributed by atoms with E-state index in [-0.39, 0.29) is 18.4 Å². The average Bonchev–Trinajstić information content (AvgIpc) is 3.48. The lowest BCUT2D eigenvalue weighted by atomic mass is 9.93. The van der Waals surface area contributed by atoms with Crippen LogP contribution in [-0.2, 0) is 4.79 Å². The smallest absolute Gasteiger partial charge is 0.255 e. The molecule has 1 aliphatic heterocycles. The van der Waals surface area contributed by atoms with Crippen molar-refractivity contribution in [3.63, 3.8) is 0 Å². The molecule has 1 atom stereocenters. The molecule has 0 unspecified atom stereocenters. The molecule has 6 rings (SSSR count). The molecule has 194 valence electrons. The van der Waals surface area contributed by atoms with E-state index in [1.54, 1.807) is 30.2 Å². The highest BCUT2D eigenvalue weighted by molar-refractivity contribution is 6.05. The van der Waals surface area contributed by atoms with Crippen LogP contribution in [0.4, 0.5) is 5.69 Å². The molecule has 2 amide bonds. The number of H-pyrrole nitrogens is 1. The number of methoxy groups -OCH3 is 2. The van der Waals surface area contributed by atoms with E-state index in [0.717, 1.165) is 33.3 Å². The van der Waals surface area contributed by atoms with E-state index in [4.69, 9.17) is 9.47 Å². The van der Waals surface area contributed by atoms with Gasteiger partial charge in [-0.2, -0.15) is 0 Å². The summed E-state index contributed by atoms with van der Waals surface area (Å²) in [6, 6.07) is 30.4. The van der Waals surface area contributed by atoms with E-state index < -0.39 is 6.04 Å². The Kier molecular flexibility index (Phi) is 6.25. The number of benzene rings is 4. The Morgan fingerprint density at radius 2 is 1.64 bits per heavy atom. The molecule has 0 saturated heterocycles. The molecule has 7 heteroatoms. The van der Waals surface area contributed by atoms with Gasteiger partial charge >= 0.3 is 0 Å². The van der Waals surface area contributed by atoms with Gasteiger partial charge in [0.05, 0.1) is 31.6 Å². The van der Waals surface area contributed by atoms with Gasteiger partial charge in [-0.15, -0.1) is 0 Å². The van der Waals surface area contributed by atoms with Crippen molar-refractivity contribution in [2.24, 2.45) is 0 Å². The lowest BCUT2D eigenvalue weighted by Crippen LogP contribution is -2.36. The SMILES string of the molecule is COc1ccc(NC(=O)CN2C(=O)c3ccccc3[C@@H]2c2c(-c3ccccc3)[nH]c3ccccc23)c(OC)c1. The van der Waals surface area contributed by atoms with E-state index in [9.17, 15) is 9.59 Å². The molecule has 0 bridgehead atoms. The number of para-hydroxylation sites is 1. The quantitative estimate of drug-likeness (QED) is 0.276. The molecule has 0 fully saturated rings. The first-order valence-electron chi connectivity index (χ1n) is 12.7. The van der Waals surface area contributed by atoms with Crippen molar-refractivity contribution in [1.82, 2.24) is 9.88 Å². The average molecular weight is 518 g/mol. The summed E-state index contributed by atoms with van der Waals surface area (Å²) in [5, 5.41) is 3.92. The van der Waals surface area contributed by atoms with E-state index in [1.165, 1.54) is 7.11 Å². The number of carbonyl (C=O) groups is 2. The lowest BCUT2D eigenvalue weighted by molar-refractivity contribution is -0.117. The maximum atomic E-state index is 13.8. The Bertz CT molecular complexity index is 1690. The van der Waals surface area contributed by atoms with Crippen LogP contribution in [0.15, 0.2) is 97.1 Å². The van der Waals surface area contributed by atoms with Gasteiger partial charge in [-0.1, -0.05) is 66.7 Å². The summed E-state index contributed by atoms with van der Waals surface area (Å²) in [5.41, 5.74) is 5.84. The zero-order valence-electron chi connectivity index (χ0n) is 21.6. The van der Waals surface area contributed by atoms with Crippen LogP contribution in [-0.4, -0.2) is 42.5 Å². The van der Waals surface area contributed by atoms with Gasteiger partial charge < -0.3 is 24.7 Å². The van der Waals surface area contributed by atoms with Gasteiger partial charge in [0.25, 0.3) is 5.91 Å². The molecular weight excluding hydrogens is 490 g/mol. The van der Waals surface area contributed by atoms with Crippen LogP contribution in [0.25, 0.3) is 22.2 Å². The third kappa shape index (κ3) is 4.28. The predicted molar refractivity (Wildman–Crippen MR) is 151 cm³/mol. The van der Waals surface area contributed by atoms with Gasteiger partial charge in [-0.25, -0.2) is 0 Å². The van der Waals surface area contributed by atoms with Gasteiger partial charge in [0.15, 0.2) is 0 Å². The van der Waals surface area contributed by atoms with Gasteiger partial charge in [0.2, 0.25) is 5.91 Å². The molecule has 1 aromatic heterocycles. The molecule has 0 aliphatic carbocycles. The Labute approximate surface area is 226 Å². The van der Waals surface area contributed by atoms with Gasteiger partial charge in [-0.05, 0) is 35.4 Å². The molecule has 4 aromatic carbocycles. The standard InChI is InChI=1S/C32H27N3O4/c1-38-21-16-17-26(27(18-21)39-2)33-28(36)19-35-31(22-12-6-7-13-23(22)32(35)37)29-24-14-8-9-15-25(24)34-30(29)20-10-4-3-5-11-20/h3-18,31,34H,19H2,1-2H3,(H,33,36)/t31-/m1/s1. The Morgan fingerprint density at radius 1 is 0.897 bits per heavy atom. The molecular formula is C32H27N3O4. The number of nitrogens with zero attached hydrogens (tertiary/aromatic N) is 1. The largest absolute Gasteiger partial charge is 0.497 e. The van der Waals surface area contributed by atoms with Gasteiger partial charge in [0, 0.05) is 28.1 Å². The maximum Gasteiger partial charge on any atom is 0.255 e. The Balaban J connectivity index is 1.43. The zero-order valence-corrected chi connectivity index (χ0v) is 21.6. The monoisotopic (exact) mass is 517 g/mol. The highest BCUT2D eigenvalue weighted by Crippen LogP contribution is 2.45. The fraction of sp³-hybridized carbons (Fsp3) is 0.125. The highest BCUT2D eigenvalue weighted by atomic mass is 16.5. The van der Waals surface area contributed by atoms with Crippen molar-refractivity contribution in [2.75, 3.05) is 26.1 Å². The normalized spacial score (nSPS) is 14.4. The van der Waals surface area contributed by atoms with E-state index in [1.807, 2.05) is 72.8 Å². The first kappa shape index (κ1) is 24.3. The fourth-order valence-corrected chi connectivity index (χ4v) is 5.37. The minimum absolute atomic E-state index is 0.138. The Hall–Kier alpha value is -5.04. The van der Waals surface area contributed by atoms with Gasteiger partial charge in [0.1, 0.15) is 18.0 Å². The number of aromatic nitrogens is 1. The number of aromatic amines is 1. The second-order valence-electron chi connectivity index (χ2n) is 9.36. The minimum atomic E-state index is -0.455. The van der Waals surface area contributed by atoms with Crippen molar-refractivity contribution >= 4 is 28.4 Å². The van der Waals surface area contributed by atoms with E-state index in [0.29, 0.717) is 22.7 Å². The first-order chi connectivity index (χ1) is 19.1. The minimum Gasteiger partial charge on any atom is -0.497 e.